The molecule has 0 heterocycles. The minimum Gasteiger partial charge on any atom is -0.375 e. The Labute approximate surface area is 246 Å². The van der Waals surface area contributed by atoms with Crippen molar-refractivity contribution in [1.82, 2.24) is 10.6 Å². The van der Waals surface area contributed by atoms with Crippen molar-refractivity contribution in [2.45, 2.75) is 158 Å². The predicted molar refractivity (Wildman–Crippen MR) is 165 cm³/mol. The van der Waals surface area contributed by atoms with E-state index in [0.29, 0.717) is 45.3 Å². The van der Waals surface area contributed by atoms with Gasteiger partial charge in [-0.1, -0.05) is 47.0 Å². The average molecular weight is 566 g/mol. The van der Waals surface area contributed by atoms with E-state index >= 15 is 0 Å². The van der Waals surface area contributed by atoms with Gasteiger partial charge < -0.3 is 20.1 Å². The van der Waals surface area contributed by atoms with Crippen molar-refractivity contribution in [3.05, 3.63) is 0 Å². The third-order valence-electron chi connectivity index (χ3n) is 7.30. The molecule has 0 aromatic rings. The number of nitrogens with zero attached hydrogens (tertiary/aromatic N) is 1. The zero-order valence-corrected chi connectivity index (χ0v) is 28.1. The number of hydrogen-bond acceptors (Lipinski definition) is 5. The van der Waals surface area contributed by atoms with Gasteiger partial charge in [0.05, 0.1) is 34.9 Å². The van der Waals surface area contributed by atoms with Gasteiger partial charge in [-0.15, -0.1) is 0 Å². The lowest BCUT2D eigenvalue weighted by atomic mass is 9.80. The fourth-order valence-electron chi connectivity index (χ4n) is 4.99. The molecule has 0 unspecified atom stereocenters. The van der Waals surface area contributed by atoms with Crippen LogP contribution in [0, 0.1) is 28.1 Å². The average Bonchev–Trinajstić information content (AvgIpc) is 2.77. The van der Waals surface area contributed by atoms with Crippen molar-refractivity contribution in [1.29, 1.82) is 5.26 Å². The van der Waals surface area contributed by atoms with E-state index in [1.165, 1.54) is 12.8 Å². The fourth-order valence-corrected chi connectivity index (χ4v) is 4.99. The molecule has 0 radical (unpaired) electrons. The minimum atomic E-state index is -0.537. The molecule has 0 atom stereocenters. The fraction of sp³-hybridized carbons (Fsp3) is 0.909. The molecular formula is C33H63N3O4. The summed E-state index contributed by atoms with van der Waals surface area (Å²) in [7, 11) is 0. The van der Waals surface area contributed by atoms with E-state index < -0.39 is 22.0 Å². The Bertz CT molecular complexity index is 807. The summed E-state index contributed by atoms with van der Waals surface area (Å²) in [5.74, 6) is 0.781. The first kappa shape index (κ1) is 38.4. The second kappa shape index (κ2) is 16.7. The zero-order chi connectivity index (χ0) is 31.3. The molecule has 7 heteroatoms. The van der Waals surface area contributed by atoms with E-state index in [2.05, 4.69) is 58.2 Å². The molecule has 0 aliphatic heterocycles. The van der Waals surface area contributed by atoms with Crippen molar-refractivity contribution in [2.24, 2.45) is 16.7 Å². The second-order valence-electron chi connectivity index (χ2n) is 15.1. The van der Waals surface area contributed by atoms with E-state index in [9.17, 15) is 9.59 Å². The highest BCUT2D eigenvalue weighted by Crippen LogP contribution is 2.34. The lowest BCUT2D eigenvalue weighted by Crippen LogP contribution is -2.46. The van der Waals surface area contributed by atoms with Crippen molar-refractivity contribution in [3.63, 3.8) is 0 Å². The van der Waals surface area contributed by atoms with Gasteiger partial charge in [-0.3, -0.25) is 9.59 Å². The molecule has 234 valence electrons. The van der Waals surface area contributed by atoms with Crippen molar-refractivity contribution >= 4 is 11.8 Å². The molecule has 0 rings (SSSR count). The summed E-state index contributed by atoms with van der Waals surface area (Å²) in [5, 5.41) is 15.2. The number of carbonyl (C=O) groups is 2. The Hall–Kier alpha value is -1.65. The molecule has 0 bridgehead atoms. The van der Waals surface area contributed by atoms with E-state index in [0.717, 1.165) is 25.3 Å². The monoisotopic (exact) mass is 565 g/mol. The van der Waals surface area contributed by atoms with Gasteiger partial charge in [-0.05, 0) is 93.4 Å². The summed E-state index contributed by atoms with van der Waals surface area (Å²) in [6, 6.07) is 2.23. The topological polar surface area (TPSA) is 100 Å². The summed E-state index contributed by atoms with van der Waals surface area (Å²) in [4.78, 5) is 25.0. The van der Waals surface area contributed by atoms with Crippen LogP contribution in [0.5, 0.6) is 0 Å². The molecule has 0 saturated carbocycles. The quantitative estimate of drug-likeness (QED) is 0.142. The zero-order valence-electron chi connectivity index (χ0n) is 28.1. The Morgan fingerprint density at radius 2 is 1.40 bits per heavy atom. The van der Waals surface area contributed by atoms with Crippen LogP contribution in [-0.4, -0.2) is 48.3 Å². The first-order valence-corrected chi connectivity index (χ1v) is 15.4. The van der Waals surface area contributed by atoms with Gasteiger partial charge in [-0.2, -0.15) is 5.26 Å². The maximum absolute atomic E-state index is 12.9. The molecule has 0 aromatic carbocycles. The maximum Gasteiger partial charge on any atom is 0.225 e. The molecule has 7 nitrogen and oxygen atoms in total. The van der Waals surface area contributed by atoms with Crippen molar-refractivity contribution in [3.8, 4) is 6.07 Å². The van der Waals surface area contributed by atoms with Crippen LogP contribution in [0.2, 0.25) is 0 Å². The molecule has 0 aliphatic rings. The number of amides is 2. The summed E-state index contributed by atoms with van der Waals surface area (Å²) < 4.78 is 12.7. The number of ether oxygens (including phenoxy) is 2. The maximum atomic E-state index is 12.9. The summed E-state index contributed by atoms with van der Waals surface area (Å²) in [6.07, 6.45) is 7.52. The van der Waals surface area contributed by atoms with Gasteiger partial charge >= 0.3 is 0 Å². The van der Waals surface area contributed by atoms with Crippen LogP contribution >= 0.6 is 0 Å². The molecule has 40 heavy (non-hydrogen) atoms. The van der Waals surface area contributed by atoms with Crippen LogP contribution in [-0.2, 0) is 19.1 Å². The largest absolute Gasteiger partial charge is 0.375 e. The highest BCUT2D eigenvalue weighted by molar-refractivity contribution is 5.81. The number of unbranched alkanes of at least 4 members (excludes halogenated alkanes) is 2. The van der Waals surface area contributed by atoms with Crippen LogP contribution in [0.3, 0.4) is 0 Å². The standard InChI is InChI=1S/C33H63N3O4/c1-26(2)16-14-13-15-21-36-28(38)30(5,6)24-33(11,12)40-32(9,10)20-23-39-31(7,8)19-22-35-27(37)17-18-29(3,4)25-34/h26H,13-24H2,1-12H3,(H,35,37)(H,36,38). The van der Waals surface area contributed by atoms with Crippen molar-refractivity contribution in [2.75, 3.05) is 19.7 Å². The number of nitriles is 1. The van der Waals surface area contributed by atoms with Gasteiger partial charge in [0.2, 0.25) is 11.8 Å². The minimum absolute atomic E-state index is 0.0332. The first-order valence-electron chi connectivity index (χ1n) is 15.4. The Morgan fingerprint density at radius 1 is 0.775 bits per heavy atom. The van der Waals surface area contributed by atoms with E-state index in [4.69, 9.17) is 14.7 Å². The number of hydrogen-bond donors (Lipinski definition) is 2. The molecular weight excluding hydrogens is 502 g/mol. The molecule has 2 N–H and O–H groups in total. The summed E-state index contributed by atoms with van der Waals surface area (Å²) >= 11 is 0. The lowest BCUT2D eigenvalue weighted by Gasteiger charge is -2.40. The highest BCUT2D eigenvalue weighted by Gasteiger charge is 2.38. The third-order valence-corrected chi connectivity index (χ3v) is 7.30. The highest BCUT2D eigenvalue weighted by atomic mass is 16.5. The molecule has 2 amide bonds. The van der Waals surface area contributed by atoms with Gasteiger partial charge in [-0.25, -0.2) is 0 Å². The molecule has 0 saturated heterocycles. The normalized spacial score (nSPS) is 13.3. The van der Waals surface area contributed by atoms with Gasteiger partial charge in [0.25, 0.3) is 0 Å². The van der Waals surface area contributed by atoms with E-state index in [-0.39, 0.29) is 17.4 Å². The van der Waals surface area contributed by atoms with Gasteiger partial charge in [0.1, 0.15) is 0 Å². The summed E-state index contributed by atoms with van der Waals surface area (Å²) in [6.45, 7) is 26.3. The first-order chi connectivity index (χ1) is 18.1. The second-order valence-corrected chi connectivity index (χ2v) is 15.1. The van der Waals surface area contributed by atoms with Gasteiger partial charge in [0, 0.05) is 24.9 Å². The SMILES string of the molecule is CC(C)CCCCCNC(=O)C(C)(C)CC(C)(C)OC(C)(C)CCOC(C)(C)CCNC(=O)CCC(C)(C)C#N. The number of rotatable bonds is 21. The van der Waals surface area contributed by atoms with Gasteiger partial charge in [0.15, 0.2) is 0 Å². The Morgan fingerprint density at radius 3 is 1.98 bits per heavy atom. The molecule has 0 spiro atoms. The van der Waals surface area contributed by atoms with Crippen LogP contribution in [0.15, 0.2) is 0 Å². The Balaban J connectivity index is 4.53. The number of nitrogens with one attached hydrogen (secondary N) is 2. The molecule has 0 fully saturated rings. The smallest absolute Gasteiger partial charge is 0.225 e. The lowest BCUT2D eigenvalue weighted by molar-refractivity contribution is -0.159. The van der Waals surface area contributed by atoms with E-state index in [1.807, 2.05) is 41.5 Å². The van der Waals surface area contributed by atoms with Crippen LogP contribution < -0.4 is 10.6 Å². The van der Waals surface area contributed by atoms with Crippen molar-refractivity contribution < 1.29 is 19.1 Å². The summed E-state index contributed by atoms with van der Waals surface area (Å²) in [5.41, 5.74) is -2.33. The van der Waals surface area contributed by atoms with E-state index in [1.54, 1.807) is 0 Å². The molecule has 0 aliphatic carbocycles. The predicted octanol–water partition coefficient (Wildman–Crippen LogP) is 7.33. The third kappa shape index (κ3) is 18.7. The van der Waals surface area contributed by atoms with Crippen LogP contribution in [0.25, 0.3) is 0 Å². The number of carbonyl (C=O) groups excluding carboxylic acids is 2. The van der Waals surface area contributed by atoms with Crippen LogP contribution in [0.1, 0.15) is 141 Å². The molecule has 0 aromatic heterocycles. The van der Waals surface area contributed by atoms with Crippen LogP contribution in [0.4, 0.5) is 0 Å². The Kier molecular flexibility index (Phi) is 16.0.